The molecule has 0 atom stereocenters. The summed E-state index contributed by atoms with van der Waals surface area (Å²) in [6.45, 7) is 3.09. The molecule has 1 saturated heterocycles. The van der Waals surface area contributed by atoms with Crippen LogP contribution in [0, 0.1) is 10.1 Å². The number of hydrogen-bond donors (Lipinski definition) is 2. The second-order valence-electron chi connectivity index (χ2n) is 8.38. The lowest BCUT2D eigenvalue weighted by molar-refractivity contribution is -0.384. The number of hydrogen-bond acceptors (Lipinski definition) is 6. The number of para-hydroxylation sites is 2. The van der Waals surface area contributed by atoms with Gasteiger partial charge in [-0.25, -0.2) is 4.98 Å². The molecule has 4 aromatic rings. The Bertz CT molecular complexity index is 1320. The monoisotopic (exact) mass is 456 g/mol. The molecule has 5 rings (SSSR count). The van der Waals surface area contributed by atoms with Gasteiger partial charge in [-0.1, -0.05) is 12.1 Å². The number of likely N-dealkylation sites (N-methyl/N-ethyl adjacent to an activating group) is 1. The first kappa shape index (κ1) is 21.6. The van der Waals surface area contributed by atoms with Gasteiger partial charge < -0.3 is 20.1 Å². The second kappa shape index (κ2) is 8.95. The number of anilines is 2. The van der Waals surface area contributed by atoms with Gasteiger partial charge in [0.25, 0.3) is 11.6 Å². The SMILES string of the molecule is CN1CCN(c2ccc(C(=O)Nc3ccc(-c4nc5ccccc5[nH]4)cc3)cc2[N+](=O)[O-])CC1. The van der Waals surface area contributed by atoms with E-state index in [4.69, 9.17) is 0 Å². The van der Waals surface area contributed by atoms with E-state index >= 15 is 0 Å². The van der Waals surface area contributed by atoms with Crippen molar-refractivity contribution in [1.82, 2.24) is 14.9 Å². The number of aromatic nitrogens is 2. The highest BCUT2D eigenvalue weighted by atomic mass is 16.6. The average Bonchev–Trinajstić information content (AvgIpc) is 3.29. The third kappa shape index (κ3) is 4.33. The zero-order valence-corrected chi connectivity index (χ0v) is 18.7. The third-order valence-electron chi connectivity index (χ3n) is 6.08. The molecule has 172 valence electrons. The van der Waals surface area contributed by atoms with E-state index in [0.29, 0.717) is 24.5 Å². The summed E-state index contributed by atoms with van der Waals surface area (Å²) in [6.07, 6.45) is 0. The molecule has 1 aromatic heterocycles. The minimum absolute atomic E-state index is 0.0579. The number of piperazine rings is 1. The van der Waals surface area contributed by atoms with Crippen molar-refractivity contribution in [3.63, 3.8) is 0 Å². The van der Waals surface area contributed by atoms with E-state index in [9.17, 15) is 14.9 Å². The number of nitrogens with one attached hydrogen (secondary N) is 2. The van der Waals surface area contributed by atoms with Gasteiger partial charge in [0.1, 0.15) is 11.5 Å². The normalized spacial score (nSPS) is 14.3. The topological polar surface area (TPSA) is 107 Å². The Kier molecular flexibility index (Phi) is 5.69. The zero-order valence-electron chi connectivity index (χ0n) is 18.7. The van der Waals surface area contributed by atoms with E-state index in [-0.39, 0.29) is 11.3 Å². The fourth-order valence-electron chi connectivity index (χ4n) is 4.13. The predicted molar refractivity (Wildman–Crippen MR) is 132 cm³/mol. The van der Waals surface area contributed by atoms with Crippen LogP contribution < -0.4 is 10.2 Å². The van der Waals surface area contributed by atoms with Crippen LogP contribution in [0.25, 0.3) is 22.4 Å². The van der Waals surface area contributed by atoms with Gasteiger partial charge in [0, 0.05) is 49.1 Å². The number of H-pyrrole nitrogens is 1. The molecule has 0 radical (unpaired) electrons. The van der Waals surface area contributed by atoms with Gasteiger partial charge >= 0.3 is 0 Å². The number of rotatable bonds is 5. The number of nitro groups is 1. The van der Waals surface area contributed by atoms with Gasteiger partial charge in [-0.15, -0.1) is 0 Å². The summed E-state index contributed by atoms with van der Waals surface area (Å²) in [7, 11) is 2.03. The highest BCUT2D eigenvalue weighted by Crippen LogP contribution is 2.30. The van der Waals surface area contributed by atoms with Crippen LogP contribution in [-0.4, -0.2) is 58.9 Å². The van der Waals surface area contributed by atoms with Gasteiger partial charge in [0.15, 0.2) is 0 Å². The largest absolute Gasteiger partial charge is 0.363 e. The van der Waals surface area contributed by atoms with E-state index in [0.717, 1.165) is 35.5 Å². The molecule has 3 aromatic carbocycles. The van der Waals surface area contributed by atoms with Crippen LogP contribution in [0.4, 0.5) is 17.1 Å². The lowest BCUT2D eigenvalue weighted by Crippen LogP contribution is -2.44. The molecule has 1 fully saturated rings. The van der Waals surface area contributed by atoms with Crippen LogP contribution in [0.1, 0.15) is 10.4 Å². The molecule has 1 aliphatic rings. The molecular weight excluding hydrogens is 432 g/mol. The molecule has 2 heterocycles. The van der Waals surface area contributed by atoms with Crippen molar-refractivity contribution in [2.75, 3.05) is 43.4 Å². The van der Waals surface area contributed by atoms with Crippen molar-refractivity contribution < 1.29 is 9.72 Å². The highest BCUT2D eigenvalue weighted by molar-refractivity contribution is 6.05. The van der Waals surface area contributed by atoms with Crippen LogP contribution in [0.2, 0.25) is 0 Å². The van der Waals surface area contributed by atoms with Crippen LogP contribution in [-0.2, 0) is 0 Å². The van der Waals surface area contributed by atoms with Crippen molar-refractivity contribution >= 4 is 34.0 Å². The van der Waals surface area contributed by atoms with Crippen LogP contribution in [0.3, 0.4) is 0 Å². The maximum atomic E-state index is 12.8. The van der Waals surface area contributed by atoms with Gasteiger partial charge in [-0.2, -0.15) is 0 Å². The number of aromatic amines is 1. The number of fused-ring (bicyclic) bond motifs is 1. The molecule has 1 aliphatic heterocycles. The summed E-state index contributed by atoms with van der Waals surface area (Å²) < 4.78 is 0. The molecule has 0 spiro atoms. The first-order valence-corrected chi connectivity index (χ1v) is 11.1. The summed E-state index contributed by atoms with van der Waals surface area (Å²) in [5.41, 5.74) is 4.05. The molecule has 9 nitrogen and oxygen atoms in total. The van der Waals surface area contributed by atoms with Crippen molar-refractivity contribution in [2.24, 2.45) is 0 Å². The average molecular weight is 457 g/mol. The lowest BCUT2D eigenvalue weighted by atomic mass is 10.1. The molecular formula is C25H24N6O3. The van der Waals surface area contributed by atoms with Crippen molar-refractivity contribution in [1.29, 1.82) is 0 Å². The molecule has 0 bridgehead atoms. The van der Waals surface area contributed by atoms with Gasteiger partial charge in [-0.05, 0) is 55.6 Å². The minimum atomic E-state index is -0.424. The number of amides is 1. The molecule has 1 amide bonds. The van der Waals surface area contributed by atoms with E-state index in [1.165, 1.54) is 6.07 Å². The van der Waals surface area contributed by atoms with Crippen LogP contribution in [0.5, 0.6) is 0 Å². The number of nitrogens with zero attached hydrogens (tertiary/aromatic N) is 4. The number of imidazole rings is 1. The number of nitro benzene ring substituents is 1. The van der Waals surface area contributed by atoms with Gasteiger partial charge in [0.2, 0.25) is 0 Å². The molecule has 9 heteroatoms. The summed E-state index contributed by atoms with van der Waals surface area (Å²) in [5, 5.41) is 14.5. The first-order chi connectivity index (χ1) is 16.5. The standard InChI is InChI=1S/C25H24N6O3/c1-29-12-14-30(15-13-29)22-11-8-18(16-23(22)31(33)34)25(32)26-19-9-6-17(7-10-19)24-27-20-4-2-3-5-21(20)28-24/h2-11,16H,12-15H2,1H3,(H,26,32)(H,27,28). The van der Waals surface area contributed by atoms with E-state index in [1.807, 2.05) is 48.3 Å². The summed E-state index contributed by atoms with van der Waals surface area (Å²) in [6, 6.07) is 19.8. The fourth-order valence-corrected chi connectivity index (χ4v) is 4.13. The lowest BCUT2D eigenvalue weighted by Gasteiger charge is -2.33. The Morgan fingerprint density at radius 2 is 1.76 bits per heavy atom. The Hall–Kier alpha value is -4.24. The Morgan fingerprint density at radius 1 is 1.03 bits per heavy atom. The number of benzene rings is 3. The van der Waals surface area contributed by atoms with Gasteiger partial charge in [0.05, 0.1) is 16.0 Å². The van der Waals surface area contributed by atoms with Crippen molar-refractivity contribution in [2.45, 2.75) is 0 Å². The zero-order chi connectivity index (χ0) is 23.7. The summed E-state index contributed by atoms with van der Waals surface area (Å²) >= 11 is 0. The minimum Gasteiger partial charge on any atom is -0.363 e. The maximum Gasteiger partial charge on any atom is 0.293 e. The predicted octanol–water partition coefficient (Wildman–Crippen LogP) is 4.14. The second-order valence-corrected chi connectivity index (χ2v) is 8.38. The summed E-state index contributed by atoms with van der Waals surface area (Å²) in [4.78, 5) is 36.2. The Labute approximate surface area is 196 Å². The number of carbonyl (C=O) groups is 1. The molecule has 0 unspecified atom stereocenters. The van der Waals surface area contributed by atoms with Crippen LogP contribution in [0.15, 0.2) is 66.7 Å². The molecule has 34 heavy (non-hydrogen) atoms. The van der Waals surface area contributed by atoms with Crippen molar-refractivity contribution in [3.05, 3.63) is 82.4 Å². The van der Waals surface area contributed by atoms with Crippen molar-refractivity contribution in [3.8, 4) is 11.4 Å². The Morgan fingerprint density at radius 3 is 2.47 bits per heavy atom. The molecule has 0 saturated carbocycles. The summed E-state index contributed by atoms with van der Waals surface area (Å²) in [5.74, 6) is 0.346. The third-order valence-corrected chi connectivity index (χ3v) is 6.08. The molecule has 0 aliphatic carbocycles. The smallest absolute Gasteiger partial charge is 0.293 e. The first-order valence-electron chi connectivity index (χ1n) is 11.1. The van der Waals surface area contributed by atoms with E-state index in [2.05, 4.69) is 20.2 Å². The van der Waals surface area contributed by atoms with Crippen LogP contribution >= 0.6 is 0 Å². The highest BCUT2D eigenvalue weighted by Gasteiger charge is 2.24. The van der Waals surface area contributed by atoms with E-state index < -0.39 is 10.8 Å². The number of carbonyl (C=O) groups excluding carboxylic acids is 1. The van der Waals surface area contributed by atoms with E-state index in [1.54, 1.807) is 24.3 Å². The maximum absolute atomic E-state index is 12.8. The fraction of sp³-hybridized carbons (Fsp3) is 0.200. The Balaban J connectivity index is 1.32. The quantitative estimate of drug-likeness (QED) is 0.345. The molecule has 2 N–H and O–H groups in total. The van der Waals surface area contributed by atoms with Gasteiger partial charge in [-0.3, -0.25) is 14.9 Å².